The van der Waals surface area contributed by atoms with Crippen molar-refractivity contribution in [3.05, 3.63) is 23.8 Å². The minimum absolute atomic E-state index is 0.153. The molecule has 2 aliphatic rings. The van der Waals surface area contributed by atoms with Gasteiger partial charge in [-0.15, -0.1) is 0 Å². The van der Waals surface area contributed by atoms with Gasteiger partial charge in [0.15, 0.2) is 0 Å². The Morgan fingerprint density at radius 3 is 2.84 bits per heavy atom. The number of hydrogen-bond donors (Lipinski definition) is 1. The van der Waals surface area contributed by atoms with Crippen LogP contribution in [0.3, 0.4) is 0 Å². The highest BCUT2D eigenvalue weighted by atomic mass is 19.4. The monoisotopic (exact) mass is 272 g/mol. The number of ether oxygens (including phenoxy) is 1. The number of alkyl halides is 3. The predicted octanol–water partition coefficient (Wildman–Crippen LogP) is 2.72. The van der Waals surface area contributed by atoms with E-state index < -0.39 is 11.7 Å². The summed E-state index contributed by atoms with van der Waals surface area (Å²) in [5, 5.41) is 3.09. The number of benzene rings is 1. The first kappa shape index (κ1) is 12.6. The van der Waals surface area contributed by atoms with Crippen LogP contribution in [0.4, 0.5) is 24.5 Å². The quantitative estimate of drug-likeness (QED) is 0.850. The van der Waals surface area contributed by atoms with Crippen LogP contribution in [-0.2, 0) is 10.9 Å². The van der Waals surface area contributed by atoms with Crippen LogP contribution in [0.15, 0.2) is 18.2 Å². The molecule has 0 aromatic heterocycles. The summed E-state index contributed by atoms with van der Waals surface area (Å²) >= 11 is 0. The van der Waals surface area contributed by atoms with E-state index in [1.165, 1.54) is 6.07 Å². The molecule has 2 heterocycles. The first-order valence-corrected chi connectivity index (χ1v) is 6.23. The molecular weight excluding hydrogens is 257 g/mol. The second kappa shape index (κ2) is 4.30. The van der Waals surface area contributed by atoms with Gasteiger partial charge in [0.05, 0.1) is 23.0 Å². The third kappa shape index (κ3) is 2.14. The van der Waals surface area contributed by atoms with Gasteiger partial charge in [-0.05, 0) is 24.6 Å². The standard InChI is InChI=1S/C13H15F3N2O/c1-19-10-5-9-6-17-11-4-8(13(14,15)16)2-3-12(11)18(9)7-10/h2-4,9-10,17H,5-7H2,1H3. The van der Waals surface area contributed by atoms with E-state index in [1.54, 1.807) is 13.2 Å². The van der Waals surface area contributed by atoms with Crippen molar-refractivity contribution in [2.45, 2.75) is 24.7 Å². The van der Waals surface area contributed by atoms with Crippen molar-refractivity contribution in [1.29, 1.82) is 0 Å². The number of rotatable bonds is 1. The van der Waals surface area contributed by atoms with Crippen molar-refractivity contribution in [1.82, 2.24) is 0 Å². The predicted molar refractivity (Wildman–Crippen MR) is 66.5 cm³/mol. The van der Waals surface area contributed by atoms with Crippen LogP contribution in [-0.4, -0.2) is 32.3 Å². The number of hydrogen-bond acceptors (Lipinski definition) is 3. The maximum Gasteiger partial charge on any atom is 0.416 e. The Balaban J connectivity index is 1.93. The van der Waals surface area contributed by atoms with Gasteiger partial charge in [-0.25, -0.2) is 0 Å². The average Bonchev–Trinajstić information content (AvgIpc) is 2.80. The van der Waals surface area contributed by atoms with Crippen molar-refractivity contribution in [3.8, 4) is 0 Å². The SMILES string of the molecule is COC1CC2CNc3cc(C(F)(F)F)ccc3N2C1. The molecule has 104 valence electrons. The van der Waals surface area contributed by atoms with Crippen molar-refractivity contribution in [3.63, 3.8) is 0 Å². The number of nitrogens with one attached hydrogen (secondary N) is 1. The van der Waals surface area contributed by atoms with E-state index in [0.29, 0.717) is 18.3 Å². The molecular formula is C13H15F3N2O. The Bertz CT molecular complexity index is 489. The van der Waals surface area contributed by atoms with Crippen molar-refractivity contribution < 1.29 is 17.9 Å². The number of fused-ring (bicyclic) bond motifs is 3. The maximum atomic E-state index is 12.7. The van der Waals surface area contributed by atoms with Crippen LogP contribution in [0, 0.1) is 0 Å². The summed E-state index contributed by atoms with van der Waals surface area (Å²) in [5.74, 6) is 0. The Hall–Kier alpha value is -1.43. The lowest BCUT2D eigenvalue weighted by molar-refractivity contribution is -0.137. The van der Waals surface area contributed by atoms with E-state index >= 15 is 0 Å². The molecule has 1 N–H and O–H groups in total. The number of methoxy groups -OCH3 is 1. The number of halogens is 3. The fourth-order valence-corrected chi connectivity index (χ4v) is 2.87. The second-order valence-electron chi connectivity index (χ2n) is 5.01. The van der Waals surface area contributed by atoms with E-state index in [0.717, 1.165) is 24.7 Å². The number of anilines is 2. The van der Waals surface area contributed by atoms with Crippen LogP contribution >= 0.6 is 0 Å². The smallest absolute Gasteiger partial charge is 0.381 e. The van der Waals surface area contributed by atoms with Gasteiger partial charge in [0.1, 0.15) is 0 Å². The van der Waals surface area contributed by atoms with Crippen molar-refractivity contribution >= 4 is 11.4 Å². The first-order valence-electron chi connectivity index (χ1n) is 6.23. The summed E-state index contributed by atoms with van der Waals surface area (Å²) in [6, 6.07) is 4.18. The Kier molecular flexibility index (Phi) is 2.85. The van der Waals surface area contributed by atoms with Gasteiger partial charge in [-0.2, -0.15) is 13.2 Å². The Morgan fingerprint density at radius 1 is 1.37 bits per heavy atom. The Labute approximate surface area is 109 Å². The van der Waals surface area contributed by atoms with Gasteiger partial charge in [0.25, 0.3) is 0 Å². The van der Waals surface area contributed by atoms with Gasteiger partial charge >= 0.3 is 6.18 Å². The minimum Gasteiger partial charge on any atom is -0.381 e. The molecule has 0 saturated carbocycles. The second-order valence-corrected chi connectivity index (χ2v) is 5.01. The van der Waals surface area contributed by atoms with Crippen LogP contribution in [0.25, 0.3) is 0 Å². The Morgan fingerprint density at radius 2 is 2.16 bits per heavy atom. The average molecular weight is 272 g/mol. The molecule has 19 heavy (non-hydrogen) atoms. The molecule has 1 aromatic carbocycles. The molecule has 0 bridgehead atoms. The lowest BCUT2D eigenvalue weighted by Gasteiger charge is -2.34. The topological polar surface area (TPSA) is 24.5 Å². The zero-order valence-corrected chi connectivity index (χ0v) is 10.5. The molecule has 3 rings (SSSR count). The summed E-state index contributed by atoms with van der Waals surface area (Å²) in [6.45, 7) is 1.40. The zero-order valence-electron chi connectivity index (χ0n) is 10.5. The molecule has 0 radical (unpaired) electrons. The fourth-order valence-electron chi connectivity index (χ4n) is 2.87. The summed E-state index contributed by atoms with van der Waals surface area (Å²) in [6.07, 6.45) is -3.24. The maximum absolute atomic E-state index is 12.7. The van der Waals surface area contributed by atoms with Gasteiger partial charge in [-0.1, -0.05) is 0 Å². The molecule has 2 aliphatic heterocycles. The minimum atomic E-state index is -4.30. The third-order valence-corrected chi connectivity index (χ3v) is 3.87. The van der Waals surface area contributed by atoms with E-state index in [4.69, 9.17) is 4.74 Å². The van der Waals surface area contributed by atoms with Crippen molar-refractivity contribution in [2.75, 3.05) is 30.4 Å². The molecule has 3 nitrogen and oxygen atoms in total. The van der Waals surface area contributed by atoms with E-state index in [9.17, 15) is 13.2 Å². The molecule has 2 unspecified atom stereocenters. The highest BCUT2D eigenvalue weighted by molar-refractivity contribution is 5.74. The summed E-state index contributed by atoms with van der Waals surface area (Å²) in [7, 11) is 1.67. The molecule has 1 saturated heterocycles. The van der Waals surface area contributed by atoms with Crippen LogP contribution < -0.4 is 10.2 Å². The first-order chi connectivity index (χ1) is 8.99. The molecule has 0 aliphatic carbocycles. The zero-order chi connectivity index (χ0) is 13.6. The van der Waals surface area contributed by atoms with Gasteiger partial charge < -0.3 is 15.0 Å². The highest BCUT2D eigenvalue weighted by Gasteiger charge is 2.37. The third-order valence-electron chi connectivity index (χ3n) is 3.87. The fraction of sp³-hybridized carbons (Fsp3) is 0.538. The molecule has 1 fully saturated rings. The van der Waals surface area contributed by atoms with Gasteiger partial charge in [-0.3, -0.25) is 0 Å². The van der Waals surface area contributed by atoms with E-state index in [1.807, 2.05) is 0 Å². The molecule has 0 amide bonds. The van der Waals surface area contributed by atoms with Gasteiger partial charge in [0, 0.05) is 26.2 Å². The number of nitrogens with zero attached hydrogens (tertiary/aromatic N) is 1. The normalized spacial score (nSPS) is 25.8. The van der Waals surface area contributed by atoms with Crippen LogP contribution in [0.1, 0.15) is 12.0 Å². The highest BCUT2D eigenvalue weighted by Crippen LogP contribution is 2.40. The summed E-state index contributed by atoms with van der Waals surface area (Å²) in [4.78, 5) is 2.14. The molecule has 0 spiro atoms. The van der Waals surface area contributed by atoms with E-state index in [2.05, 4.69) is 10.2 Å². The molecule has 6 heteroatoms. The summed E-state index contributed by atoms with van der Waals surface area (Å²) in [5.41, 5.74) is 0.784. The largest absolute Gasteiger partial charge is 0.416 e. The van der Waals surface area contributed by atoms with E-state index in [-0.39, 0.29) is 6.10 Å². The van der Waals surface area contributed by atoms with Gasteiger partial charge in [0.2, 0.25) is 0 Å². The molecule has 2 atom stereocenters. The van der Waals surface area contributed by atoms with Crippen LogP contribution in [0.2, 0.25) is 0 Å². The lowest BCUT2D eigenvalue weighted by atomic mass is 10.1. The lowest BCUT2D eigenvalue weighted by Crippen LogP contribution is -2.39. The molecule has 1 aromatic rings. The van der Waals surface area contributed by atoms with Crippen molar-refractivity contribution in [2.24, 2.45) is 0 Å². The summed E-state index contributed by atoms with van der Waals surface area (Å²) < 4.78 is 43.4. The van der Waals surface area contributed by atoms with Crippen LogP contribution in [0.5, 0.6) is 0 Å².